The van der Waals surface area contributed by atoms with Crippen molar-refractivity contribution >= 4 is 11.9 Å². The second-order valence-corrected chi connectivity index (χ2v) is 5.67. The number of rotatable bonds is 7. The number of carbonyl (C=O) groups excluding carboxylic acids is 2. The molecule has 5 nitrogen and oxygen atoms in total. The number of nitrogens with one attached hydrogen (secondary N) is 1. The van der Waals surface area contributed by atoms with Crippen LogP contribution in [0.25, 0.3) is 0 Å². The number of hydrogen-bond donors (Lipinski definition) is 1. The smallest absolute Gasteiger partial charge is 0.344 e. The third-order valence-corrected chi connectivity index (χ3v) is 3.61. The van der Waals surface area contributed by atoms with Gasteiger partial charge in [-0.1, -0.05) is 24.3 Å². The van der Waals surface area contributed by atoms with Crippen molar-refractivity contribution in [2.45, 2.75) is 19.9 Å². The quantitative estimate of drug-likeness (QED) is 0.768. The Morgan fingerprint density at radius 3 is 2.54 bits per heavy atom. The monoisotopic (exact) mass is 363 g/mol. The summed E-state index contributed by atoms with van der Waals surface area (Å²) in [5.74, 6) is -2.22. The molecule has 0 aliphatic carbocycles. The fraction of sp³-hybridized carbons (Fsp3) is 0.263. The molecule has 0 heterocycles. The van der Waals surface area contributed by atoms with Crippen LogP contribution < -0.4 is 10.1 Å². The van der Waals surface area contributed by atoms with E-state index in [-0.39, 0.29) is 12.2 Å². The first kappa shape index (κ1) is 19.4. The first-order chi connectivity index (χ1) is 12.4. The van der Waals surface area contributed by atoms with E-state index in [2.05, 4.69) is 5.32 Å². The first-order valence-electron chi connectivity index (χ1n) is 7.95. The number of hydrogen-bond acceptors (Lipinski definition) is 4. The third-order valence-electron chi connectivity index (χ3n) is 3.61. The number of carbonyl (C=O) groups is 2. The minimum atomic E-state index is -0.763. The van der Waals surface area contributed by atoms with Crippen molar-refractivity contribution < 1.29 is 27.8 Å². The molecule has 0 aliphatic rings. The molecule has 7 heteroatoms. The lowest BCUT2D eigenvalue weighted by atomic mass is 10.1. The summed E-state index contributed by atoms with van der Waals surface area (Å²) in [7, 11) is 0. The van der Waals surface area contributed by atoms with Gasteiger partial charge >= 0.3 is 5.97 Å². The molecular formula is C19H19F2NO4. The van der Waals surface area contributed by atoms with Crippen LogP contribution in [0.15, 0.2) is 42.5 Å². The van der Waals surface area contributed by atoms with Gasteiger partial charge in [0.05, 0.1) is 6.04 Å². The minimum absolute atomic E-state index is 0.133. The lowest BCUT2D eigenvalue weighted by Crippen LogP contribution is -2.32. The summed E-state index contributed by atoms with van der Waals surface area (Å²) in [5, 5.41) is 2.48. The van der Waals surface area contributed by atoms with Crippen molar-refractivity contribution in [2.75, 3.05) is 13.2 Å². The second kappa shape index (κ2) is 8.94. The molecule has 2 aromatic rings. The molecule has 0 radical (unpaired) electrons. The molecule has 2 aromatic carbocycles. The van der Waals surface area contributed by atoms with E-state index < -0.39 is 36.2 Å². The van der Waals surface area contributed by atoms with Crippen LogP contribution in [0.2, 0.25) is 0 Å². The average molecular weight is 363 g/mol. The van der Waals surface area contributed by atoms with E-state index in [1.165, 1.54) is 13.0 Å². The van der Waals surface area contributed by atoms with Crippen molar-refractivity contribution in [1.29, 1.82) is 0 Å². The van der Waals surface area contributed by atoms with Crippen molar-refractivity contribution in [3.8, 4) is 5.75 Å². The Bertz CT molecular complexity index is 795. The summed E-state index contributed by atoms with van der Waals surface area (Å²) in [6.07, 6.45) is 0. The van der Waals surface area contributed by atoms with Gasteiger partial charge in [-0.2, -0.15) is 0 Å². The van der Waals surface area contributed by atoms with Gasteiger partial charge in [0.1, 0.15) is 17.4 Å². The first-order valence-corrected chi connectivity index (χ1v) is 7.95. The van der Waals surface area contributed by atoms with Crippen molar-refractivity contribution in [3.63, 3.8) is 0 Å². The van der Waals surface area contributed by atoms with Gasteiger partial charge in [-0.05, 0) is 31.5 Å². The van der Waals surface area contributed by atoms with Crippen LogP contribution in [0.5, 0.6) is 5.75 Å². The highest BCUT2D eigenvalue weighted by Crippen LogP contribution is 2.18. The summed E-state index contributed by atoms with van der Waals surface area (Å²) in [6.45, 7) is 2.52. The van der Waals surface area contributed by atoms with Gasteiger partial charge in [-0.15, -0.1) is 0 Å². The zero-order valence-corrected chi connectivity index (χ0v) is 14.4. The fourth-order valence-electron chi connectivity index (χ4n) is 2.26. The number of benzene rings is 2. The number of aryl methyl sites for hydroxylation is 1. The zero-order valence-electron chi connectivity index (χ0n) is 14.4. The summed E-state index contributed by atoms with van der Waals surface area (Å²) >= 11 is 0. The zero-order chi connectivity index (χ0) is 19.1. The van der Waals surface area contributed by atoms with Crippen LogP contribution in [-0.2, 0) is 14.3 Å². The van der Waals surface area contributed by atoms with Gasteiger partial charge in [0.15, 0.2) is 13.2 Å². The Kier molecular flexibility index (Phi) is 6.66. The summed E-state index contributed by atoms with van der Waals surface area (Å²) < 4.78 is 36.7. The number of halogens is 2. The minimum Gasteiger partial charge on any atom is -0.482 e. The molecule has 0 unspecified atom stereocenters. The maximum atomic E-state index is 13.7. The van der Waals surface area contributed by atoms with Crippen molar-refractivity contribution in [1.82, 2.24) is 5.32 Å². The maximum absolute atomic E-state index is 13.7. The van der Waals surface area contributed by atoms with Gasteiger partial charge < -0.3 is 14.8 Å². The van der Waals surface area contributed by atoms with E-state index in [1.807, 2.05) is 19.1 Å². The number of ether oxygens (including phenoxy) is 2. The molecule has 0 saturated carbocycles. The van der Waals surface area contributed by atoms with Crippen LogP contribution >= 0.6 is 0 Å². The highest BCUT2D eigenvalue weighted by molar-refractivity contribution is 5.81. The lowest BCUT2D eigenvalue weighted by Gasteiger charge is -2.15. The van der Waals surface area contributed by atoms with E-state index in [0.717, 1.165) is 17.7 Å². The third kappa shape index (κ3) is 5.54. The molecule has 1 amide bonds. The van der Waals surface area contributed by atoms with E-state index in [0.29, 0.717) is 5.75 Å². The van der Waals surface area contributed by atoms with E-state index >= 15 is 0 Å². The molecule has 0 saturated heterocycles. The fourth-order valence-corrected chi connectivity index (χ4v) is 2.26. The van der Waals surface area contributed by atoms with Gasteiger partial charge in [-0.3, -0.25) is 4.79 Å². The van der Waals surface area contributed by atoms with Crippen LogP contribution in [-0.4, -0.2) is 25.1 Å². The molecule has 0 aromatic heterocycles. The van der Waals surface area contributed by atoms with Gasteiger partial charge in [-0.25, -0.2) is 13.6 Å². The number of para-hydroxylation sites is 1. The van der Waals surface area contributed by atoms with Gasteiger partial charge in [0.2, 0.25) is 0 Å². The standard InChI is InChI=1S/C19H19F2NO4/c1-12-5-3-4-6-17(12)25-11-19(24)26-10-18(23)22-13(2)15-8-7-14(20)9-16(15)21/h3-9,13H,10-11H2,1-2H3,(H,22,23)/t13-/m1/s1. The van der Waals surface area contributed by atoms with Crippen LogP contribution in [0, 0.1) is 18.6 Å². The average Bonchev–Trinajstić information content (AvgIpc) is 2.59. The maximum Gasteiger partial charge on any atom is 0.344 e. The summed E-state index contributed by atoms with van der Waals surface area (Å²) in [4.78, 5) is 23.5. The molecule has 0 spiro atoms. The molecule has 26 heavy (non-hydrogen) atoms. The van der Waals surface area contributed by atoms with Gasteiger partial charge in [0, 0.05) is 11.6 Å². The lowest BCUT2D eigenvalue weighted by molar-refractivity contribution is -0.150. The Labute approximate surface area is 149 Å². The predicted molar refractivity (Wildman–Crippen MR) is 90.5 cm³/mol. The van der Waals surface area contributed by atoms with E-state index in [4.69, 9.17) is 9.47 Å². The normalized spacial score (nSPS) is 11.5. The molecule has 2 rings (SSSR count). The molecule has 0 fully saturated rings. The summed E-state index contributed by atoms with van der Waals surface area (Å²) in [6, 6.07) is 9.55. The van der Waals surface area contributed by atoms with Crippen molar-refractivity contribution in [2.24, 2.45) is 0 Å². The van der Waals surface area contributed by atoms with E-state index in [1.54, 1.807) is 12.1 Å². The summed E-state index contributed by atoms with van der Waals surface area (Å²) in [5.41, 5.74) is 1.00. The Hall–Kier alpha value is -2.96. The molecule has 0 bridgehead atoms. The SMILES string of the molecule is Cc1ccccc1OCC(=O)OCC(=O)N[C@H](C)c1ccc(F)cc1F. The largest absolute Gasteiger partial charge is 0.482 e. The second-order valence-electron chi connectivity index (χ2n) is 5.67. The molecular weight excluding hydrogens is 344 g/mol. The van der Waals surface area contributed by atoms with Gasteiger partial charge in [0.25, 0.3) is 5.91 Å². The highest BCUT2D eigenvalue weighted by atomic mass is 19.1. The molecule has 0 aliphatic heterocycles. The number of amides is 1. The van der Waals surface area contributed by atoms with E-state index in [9.17, 15) is 18.4 Å². The Morgan fingerprint density at radius 1 is 1.12 bits per heavy atom. The van der Waals surface area contributed by atoms with Crippen LogP contribution in [0.3, 0.4) is 0 Å². The molecule has 138 valence electrons. The molecule has 1 atom stereocenters. The number of esters is 1. The highest BCUT2D eigenvalue weighted by Gasteiger charge is 2.15. The van der Waals surface area contributed by atoms with Crippen LogP contribution in [0.4, 0.5) is 8.78 Å². The topological polar surface area (TPSA) is 64.6 Å². The van der Waals surface area contributed by atoms with Crippen LogP contribution in [0.1, 0.15) is 24.1 Å². The Morgan fingerprint density at radius 2 is 1.85 bits per heavy atom. The van der Waals surface area contributed by atoms with Crippen molar-refractivity contribution in [3.05, 3.63) is 65.2 Å². The predicted octanol–water partition coefficient (Wildman–Crippen LogP) is 3.07. The Balaban J connectivity index is 1.77. The molecule has 1 N–H and O–H groups in total.